The predicted octanol–water partition coefficient (Wildman–Crippen LogP) is 3.36. The van der Waals surface area contributed by atoms with Gasteiger partial charge in [-0.15, -0.1) is 11.3 Å². The minimum Gasteiger partial charge on any atom is -0.497 e. The average Bonchev–Trinajstić information content (AvgIpc) is 3.27. The number of rotatable bonds is 7. The van der Waals surface area contributed by atoms with Crippen molar-refractivity contribution in [2.45, 2.75) is 31.9 Å². The van der Waals surface area contributed by atoms with Crippen LogP contribution in [0.1, 0.15) is 19.8 Å². The lowest BCUT2D eigenvalue weighted by Gasteiger charge is -2.33. The summed E-state index contributed by atoms with van der Waals surface area (Å²) in [5.74, 6) is 2.49. The van der Waals surface area contributed by atoms with Gasteiger partial charge < -0.3 is 25.0 Å². The number of guanidine groups is 1. The van der Waals surface area contributed by atoms with Gasteiger partial charge in [-0.2, -0.15) is 0 Å². The number of ether oxygens (including phenoxy) is 2. The van der Waals surface area contributed by atoms with Crippen molar-refractivity contribution >= 4 is 22.3 Å². The Hall–Kier alpha value is -2.41. The van der Waals surface area contributed by atoms with Crippen molar-refractivity contribution in [2.75, 3.05) is 38.7 Å². The van der Waals surface area contributed by atoms with E-state index >= 15 is 0 Å². The Balaban J connectivity index is 1.39. The molecule has 1 aromatic carbocycles. The summed E-state index contributed by atoms with van der Waals surface area (Å²) in [5.41, 5.74) is 0. The van der Waals surface area contributed by atoms with E-state index in [0.717, 1.165) is 43.4 Å². The molecule has 3 rings (SSSR count). The third-order valence-corrected chi connectivity index (χ3v) is 5.76. The van der Waals surface area contributed by atoms with Crippen molar-refractivity contribution in [2.24, 2.45) is 4.99 Å². The summed E-state index contributed by atoms with van der Waals surface area (Å²) in [6.45, 7) is 4.88. The van der Waals surface area contributed by atoms with Gasteiger partial charge in [-0.05, 0) is 61.5 Å². The molecule has 152 valence electrons. The second kappa shape index (κ2) is 10.2. The van der Waals surface area contributed by atoms with Crippen LogP contribution in [0.25, 0.3) is 0 Å². The van der Waals surface area contributed by atoms with Gasteiger partial charge in [0.2, 0.25) is 0 Å². The first-order valence-corrected chi connectivity index (χ1v) is 10.6. The first kappa shape index (κ1) is 20.3. The van der Waals surface area contributed by atoms with Gasteiger partial charge in [0.25, 0.3) is 0 Å². The quantitative estimate of drug-likeness (QED) is 0.549. The fourth-order valence-electron chi connectivity index (χ4n) is 3.25. The number of hydrogen-bond acceptors (Lipinski definition) is 5. The van der Waals surface area contributed by atoms with Gasteiger partial charge in [0, 0.05) is 26.2 Å². The first-order valence-electron chi connectivity index (χ1n) is 9.74. The number of nitrogens with zero attached hydrogens (tertiary/aromatic N) is 2. The van der Waals surface area contributed by atoms with Gasteiger partial charge >= 0.3 is 0 Å². The molecule has 0 aliphatic carbocycles. The Bertz CT molecular complexity index is 725. The average molecular weight is 403 g/mol. The standard InChI is InChI=1S/C21H30N4O2S/c1-16(27-19-8-6-18(26-3)7-9-19)15-23-21(22-2)24-17-10-12-25(13-11-17)20-5-4-14-28-20/h4-9,14,16-17H,10-13,15H2,1-3H3,(H2,22,23,24). The molecule has 1 aromatic heterocycles. The van der Waals surface area contributed by atoms with Crippen molar-refractivity contribution in [3.8, 4) is 11.5 Å². The smallest absolute Gasteiger partial charge is 0.191 e. The third kappa shape index (κ3) is 5.79. The van der Waals surface area contributed by atoms with Crippen LogP contribution in [0.2, 0.25) is 0 Å². The van der Waals surface area contributed by atoms with E-state index < -0.39 is 0 Å². The maximum Gasteiger partial charge on any atom is 0.191 e. The Labute approximate surface area is 171 Å². The van der Waals surface area contributed by atoms with Crippen LogP contribution < -0.4 is 25.0 Å². The van der Waals surface area contributed by atoms with E-state index in [1.54, 1.807) is 7.11 Å². The lowest BCUT2D eigenvalue weighted by molar-refractivity contribution is 0.223. The molecule has 7 heteroatoms. The number of thiophene rings is 1. The molecule has 0 bridgehead atoms. The summed E-state index contributed by atoms with van der Waals surface area (Å²) in [6.07, 6.45) is 2.24. The zero-order valence-electron chi connectivity index (χ0n) is 16.9. The van der Waals surface area contributed by atoms with Crippen LogP contribution in [-0.4, -0.2) is 51.9 Å². The molecular formula is C21H30N4O2S. The number of benzene rings is 1. The Morgan fingerprint density at radius 3 is 2.54 bits per heavy atom. The number of anilines is 1. The molecule has 1 aliphatic heterocycles. The number of methoxy groups -OCH3 is 1. The Morgan fingerprint density at radius 2 is 1.93 bits per heavy atom. The van der Waals surface area contributed by atoms with Crippen molar-refractivity contribution in [3.63, 3.8) is 0 Å². The van der Waals surface area contributed by atoms with Gasteiger partial charge in [-0.3, -0.25) is 4.99 Å². The molecule has 1 aliphatic rings. The molecule has 1 fully saturated rings. The van der Waals surface area contributed by atoms with Gasteiger partial charge in [0.15, 0.2) is 5.96 Å². The number of nitrogens with one attached hydrogen (secondary N) is 2. The highest BCUT2D eigenvalue weighted by atomic mass is 32.1. The molecule has 0 radical (unpaired) electrons. The van der Waals surface area contributed by atoms with Crippen LogP contribution in [0.5, 0.6) is 11.5 Å². The molecular weight excluding hydrogens is 372 g/mol. The van der Waals surface area contributed by atoms with E-state index in [1.165, 1.54) is 5.00 Å². The van der Waals surface area contributed by atoms with Crippen LogP contribution in [0, 0.1) is 0 Å². The van der Waals surface area contributed by atoms with E-state index in [-0.39, 0.29) is 6.10 Å². The summed E-state index contributed by atoms with van der Waals surface area (Å²) in [7, 11) is 3.47. The fourth-order valence-corrected chi connectivity index (χ4v) is 4.04. The minimum absolute atomic E-state index is 0.0209. The first-order chi connectivity index (χ1) is 13.7. The summed E-state index contributed by atoms with van der Waals surface area (Å²) < 4.78 is 11.1. The molecule has 2 heterocycles. The molecule has 0 saturated carbocycles. The van der Waals surface area contributed by atoms with Crippen LogP contribution in [0.3, 0.4) is 0 Å². The van der Waals surface area contributed by atoms with Gasteiger partial charge in [-0.1, -0.05) is 0 Å². The zero-order chi connectivity index (χ0) is 19.8. The van der Waals surface area contributed by atoms with Crippen LogP contribution in [0.4, 0.5) is 5.00 Å². The van der Waals surface area contributed by atoms with Crippen molar-refractivity contribution < 1.29 is 9.47 Å². The van der Waals surface area contributed by atoms with Gasteiger partial charge in [0.05, 0.1) is 18.7 Å². The second-order valence-corrected chi connectivity index (χ2v) is 7.84. The molecule has 28 heavy (non-hydrogen) atoms. The minimum atomic E-state index is 0.0209. The van der Waals surface area contributed by atoms with Crippen molar-refractivity contribution in [1.29, 1.82) is 0 Å². The highest BCUT2D eigenvalue weighted by Crippen LogP contribution is 2.24. The molecule has 1 saturated heterocycles. The SMILES string of the molecule is CN=C(NCC(C)Oc1ccc(OC)cc1)NC1CCN(c2cccs2)CC1. The third-order valence-electron chi connectivity index (χ3n) is 4.83. The molecule has 6 nitrogen and oxygen atoms in total. The summed E-state index contributed by atoms with van der Waals surface area (Å²) >= 11 is 1.81. The van der Waals surface area contributed by atoms with Crippen LogP contribution in [-0.2, 0) is 0 Å². The van der Waals surface area contributed by atoms with E-state index in [0.29, 0.717) is 12.6 Å². The van der Waals surface area contributed by atoms with Crippen molar-refractivity contribution in [1.82, 2.24) is 10.6 Å². The monoisotopic (exact) mass is 402 g/mol. The summed E-state index contributed by atoms with van der Waals surface area (Å²) in [6, 6.07) is 12.4. The summed E-state index contributed by atoms with van der Waals surface area (Å²) in [5, 5.41) is 10.4. The molecule has 1 atom stereocenters. The van der Waals surface area contributed by atoms with Gasteiger partial charge in [-0.25, -0.2) is 0 Å². The molecule has 2 aromatic rings. The predicted molar refractivity (Wildman–Crippen MR) is 117 cm³/mol. The zero-order valence-corrected chi connectivity index (χ0v) is 17.7. The maximum absolute atomic E-state index is 5.95. The number of hydrogen-bond donors (Lipinski definition) is 2. The Morgan fingerprint density at radius 1 is 1.21 bits per heavy atom. The second-order valence-electron chi connectivity index (χ2n) is 6.91. The highest BCUT2D eigenvalue weighted by Gasteiger charge is 2.20. The molecule has 1 unspecified atom stereocenters. The van der Waals surface area contributed by atoms with E-state index in [9.17, 15) is 0 Å². The summed E-state index contributed by atoms with van der Waals surface area (Å²) in [4.78, 5) is 6.83. The number of piperidine rings is 1. The van der Waals surface area contributed by atoms with Crippen LogP contribution >= 0.6 is 11.3 Å². The fraction of sp³-hybridized carbons (Fsp3) is 0.476. The highest BCUT2D eigenvalue weighted by molar-refractivity contribution is 7.14. The van der Waals surface area contributed by atoms with Crippen molar-refractivity contribution in [3.05, 3.63) is 41.8 Å². The molecule has 2 N–H and O–H groups in total. The van der Waals surface area contributed by atoms with E-state index in [2.05, 4.69) is 38.0 Å². The molecule has 0 amide bonds. The number of aliphatic imine (C=N–C) groups is 1. The lowest BCUT2D eigenvalue weighted by atomic mass is 10.1. The molecule has 0 spiro atoms. The van der Waals surface area contributed by atoms with Crippen LogP contribution in [0.15, 0.2) is 46.8 Å². The largest absolute Gasteiger partial charge is 0.497 e. The normalized spacial score (nSPS) is 16.5. The maximum atomic E-state index is 5.95. The van der Waals surface area contributed by atoms with Gasteiger partial charge in [0.1, 0.15) is 17.6 Å². The topological polar surface area (TPSA) is 58.1 Å². The van der Waals surface area contributed by atoms with E-state index in [4.69, 9.17) is 9.47 Å². The lowest BCUT2D eigenvalue weighted by Crippen LogP contribution is -2.50. The van der Waals surface area contributed by atoms with E-state index in [1.807, 2.05) is 49.6 Å². The Kier molecular flexibility index (Phi) is 7.42.